The highest BCUT2D eigenvalue weighted by Gasteiger charge is 1.93. The third kappa shape index (κ3) is 6.89. The Morgan fingerprint density at radius 1 is 0.433 bits per heavy atom. The van der Waals surface area contributed by atoms with E-state index in [2.05, 4.69) is 46.0 Å². The van der Waals surface area contributed by atoms with Crippen LogP contribution in [0.4, 0.5) is 0 Å². The molecule has 0 amide bonds. The molecular formula is C28H18S2. The lowest BCUT2D eigenvalue weighted by Crippen LogP contribution is -1.81. The predicted molar refractivity (Wildman–Crippen MR) is 132 cm³/mol. The van der Waals surface area contributed by atoms with Crippen molar-refractivity contribution in [3.63, 3.8) is 0 Å². The topological polar surface area (TPSA) is 0 Å². The van der Waals surface area contributed by atoms with Gasteiger partial charge in [0, 0.05) is 33.4 Å². The molecule has 0 heterocycles. The van der Waals surface area contributed by atoms with E-state index < -0.39 is 0 Å². The van der Waals surface area contributed by atoms with Crippen LogP contribution in [-0.2, 0) is 0 Å². The Bertz CT molecular complexity index is 1150. The average molecular weight is 419 g/mol. The molecule has 0 radical (unpaired) electrons. The summed E-state index contributed by atoms with van der Waals surface area (Å²) in [7, 11) is 0. The van der Waals surface area contributed by atoms with Gasteiger partial charge >= 0.3 is 0 Å². The summed E-state index contributed by atoms with van der Waals surface area (Å²) in [5, 5.41) is 5.99. The van der Waals surface area contributed by atoms with Gasteiger partial charge in [0.25, 0.3) is 0 Å². The number of benzene rings is 3. The van der Waals surface area contributed by atoms with Crippen LogP contribution in [0.25, 0.3) is 0 Å². The van der Waals surface area contributed by atoms with Gasteiger partial charge in [-0.3, -0.25) is 0 Å². The van der Waals surface area contributed by atoms with Crippen molar-refractivity contribution in [3.8, 4) is 46.0 Å². The Morgan fingerprint density at radius 2 is 0.767 bits per heavy atom. The van der Waals surface area contributed by atoms with Gasteiger partial charge in [-0.1, -0.05) is 65.1 Å². The first kappa shape index (κ1) is 21.3. The highest BCUT2D eigenvalue weighted by molar-refractivity contribution is 8.03. The maximum absolute atomic E-state index is 3.21. The van der Waals surface area contributed by atoms with Crippen molar-refractivity contribution in [1.82, 2.24) is 0 Å². The van der Waals surface area contributed by atoms with Crippen LogP contribution in [0.2, 0.25) is 0 Å². The van der Waals surface area contributed by atoms with Gasteiger partial charge in [-0.05, 0) is 89.7 Å². The SMILES string of the molecule is CSC#Cc1ccc(C#Cc2cccc(C#Cc3ccc(C#CSC)cc3)c2)cc1. The average Bonchev–Trinajstić information content (AvgIpc) is 2.80. The maximum atomic E-state index is 3.21. The Hall–Kier alpha value is -3.40. The van der Waals surface area contributed by atoms with Gasteiger partial charge in [0.2, 0.25) is 0 Å². The molecule has 3 aromatic rings. The quantitative estimate of drug-likeness (QED) is 0.421. The van der Waals surface area contributed by atoms with Crippen molar-refractivity contribution in [2.45, 2.75) is 0 Å². The summed E-state index contributed by atoms with van der Waals surface area (Å²) in [6.45, 7) is 0. The van der Waals surface area contributed by atoms with Crippen molar-refractivity contribution < 1.29 is 0 Å². The van der Waals surface area contributed by atoms with Crippen LogP contribution < -0.4 is 0 Å². The minimum absolute atomic E-state index is 0.940. The first-order valence-electron chi connectivity index (χ1n) is 9.19. The summed E-state index contributed by atoms with van der Waals surface area (Å²) in [5.74, 6) is 19.0. The Balaban J connectivity index is 1.72. The normalized spacial score (nSPS) is 8.87. The van der Waals surface area contributed by atoms with Crippen LogP contribution in [0.1, 0.15) is 33.4 Å². The summed E-state index contributed by atoms with van der Waals surface area (Å²) < 4.78 is 0. The standard InChI is InChI=1S/C28H18S2/c1-29-20-18-25-10-6-23(7-11-25)14-16-27-4-3-5-28(22-27)17-15-24-8-12-26(13-9-24)19-21-30-2/h3-13,22H,1-2H3. The highest BCUT2D eigenvalue weighted by Crippen LogP contribution is 2.07. The second-order valence-electron chi connectivity index (χ2n) is 6.10. The first-order valence-corrected chi connectivity index (χ1v) is 11.6. The molecule has 0 aliphatic rings. The summed E-state index contributed by atoms with van der Waals surface area (Å²) >= 11 is 3.02. The highest BCUT2D eigenvalue weighted by atomic mass is 32.2. The molecule has 0 atom stereocenters. The first-order chi connectivity index (χ1) is 14.8. The smallest absolute Gasteiger partial charge is 0.0261 e. The Kier molecular flexibility index (Phi) is 8.22. The molecule has 142 valence electrons. The molecule has 0 fully saturated rings. The molecule has 0 aliphatic heterocycles. The van der Waals surface area contributed by atoms with Crippen molar-refractivity contribution >= 4 is 23.5 Å². The van der Waals surface area contributed by atoms with Crippen LogP contribution in [0, 0.1) is 46.0 Å². The molecule has 2 heteroatoms. The zero-order valence-electron chi connectivity index (χ0n) is 16.7. The van der Waals surface area contributed by atoms with Gasteiger partial charge in [0.05, 0.1) is 0 Å². The van der Waals surface area contributed by atoms with Crippen molar-refractivity contribution in [3.05, 3.63) is 106 Å². The molecule has 0 unspecified atom stereocenters. The minimum atomic E-state index is 0.940. The van der Waals surface area contributed by atoms with Crippen LogP contribution in [0.5, 0.6) is 0 Å². The second-order valence-corrected chi connectivity index (χ2v) is 7.32. The van der Waals surface area contributed by atoms with Gasteiger partial charge in [0.15, 0.2) is 0 Å². The van der Waals surface area contributed by atoms with Crippen molar-refractivity contribution in [2.24, 2.45) is 0 Å². The van der Waals surface area contributed by atoms with E-state index in [1.54, 1.807) is 0 Å². The molecule has 0 N–H and O–H groups in total. The monoisotopic (exact) mass is 418 g/mol. The Labute approximate surface area is 187 Å². The molecule has 0 nitrogen and oxygen atoms in total. The van der Waals surface area contributed by atoms with E-state index in [1.807, 2.05) is 85.3 Å². The number of hydrogen-bond acceptors (Lipinski definition) is 2. The molecule has 0 aliphatic carbocycles. The molecular weight excluding hydrogens is 400 g/mol. The van der Waals surface area contributed by atoms with Gasteiger partial charge in [-0.15, -0.1) is 0 Å². The number of thioether (sulfide) groups is 2. The van der Waals surface area contributed by atoms with E-state index >= 15 is 0 Å². The maximum Gasteiger partial charge on any atom is 0.0261 e. The second kappa shape index (κ2) is 11.6. The fraction of sp³-hybridized carbons (Fsp3) is 0.0714. The van der Waals surface area contributed by atoms with Gasteiger partial charge in [0.1, 0.15) is 0 Å². The van der Waals surface area contributed by atoms with E-state index in [9.17, 15) is 0 Å². The van der Waals surface area contributed by atoms with E-state index in [0.717, 1.165) is 33.4 Å². The molecule has 30 heavy (non-hydrogen) atoms. The van der Waals surface area contributed by atoms with Gasteiger partial charge < -0.3 is 0 Å². The van der Waals surface area contributed by atoms with Crippen LogP contribution in [0.3, 0.4) is 0 Å². The number of rotatable bonds is 0. The van der Waals surface area contributed by atoms with Crippen LogP contribution in [-0.4, -0.2) is 12.5 Å². The minimum Gasteiger partial charge on any atom is -0.0781 e. The Morgan fingerprint density at radius 3 is 1.13 bits per heavy atom. The zero-order valence-corrected chi connectivity index (χ0v) is 18.4. The zero-order chi connectivity index (χ0) is 21.0. The summed E-state index contributed by atoms with van der Waals surface area (Å²) in [4.78, 5) is 0. The van der Waals surface area contributed by atoms with Crippen molar-refractivity contribution in [2.75, 3.05) is 12.5 Å². The largest absolute Gasteiger partial charge is 0.0781 e. The molecule has 0 saturated heterocycles. The fourth-order valence-electron chi connectivity index (χ4n) is 2.46. The summed E-state index contributed by atoms with van der Waals surface area (Å²) in [5.41, 5.74) is 5.80. The molecule has 3 aromatic carbocycles. The lowest BCUT2D eigenvalue weighted by molar-refractivity contribution is 1.57. The molecule has 0 spiro atoms. The molecule has 0 aromatic heterocycles. The van der Waals surface area contributed by atoms with E-state index in [4.69, 9.17) is 0 Å². The molecule has 3 rings (SSSR count). The predicted octanol–water partition coefficient (Wildman–Crippen LogP) is 5.83. The summed E-state index contributed by atoms with van der Waals surface area (Å²) in [6, 6.07) is 23.9. The molecule has 0 saturated carbocycles. The van der Waals surface area contributed by atoms with E-state index in [-0.39, 0.29) is 0 Å². The third-order valence-electron chi connectivity index (χ3n) is 3.93. The van der Waals surface area contributed by atoms with E-state index in [1.165, 1.54) is 23.5 Å². The third-order valence-corrected chi connectivity index (χ3v) is 4.54. The summed E-state index contributed by atoms with van der Waals surface area (Å²) in [6.07, 6.45) is 3.92. The molecule has 0 bridgehead atoms. The van der Waals surface area contributed by atoms with Crippen LogP contribution >= 0.6 is 23.5 Å². The lowest BCUT2D eigenvalue weighted by Gasteiger charge is -1.94. The van der Waals surface area contributed by atoms with Crippen LogP contribution in [0.15, 0.2) is 72.8 Å². The number of hydrogen-bond donors (Lipinski definition) is 0. The van der Waals surface area contributed by atoms with Gasteiger partial charge in [-0.25, -0.2) is 0 Å². The van der Waals surface area contributed by atoms with Crippen molar-refractivity contribution in [1.29, 1.82) is 0 Å². The van der Waals surface area contributed by atoms with Gasteiger partial charge in [-0.2, -0.15) is 0 Å². The lowest BCUT2D eigenvalue weighted by atomic mass is 10.1. The van der Waals surface area contributed by atoms with E-state index in [0.29, 0.717) is 0 Å². The fourth-order valence-corrected chi connectivity index (χ4v) is 2.90.